The van der Waals surface area contributed by atoms with Crippen molar-refractivity contribution in [1.29, 1.82) is 0 Å². The van der Waals surface area contributed by atoms with Gasteiger partial charge in [0.25, 0.3) is 0 Å². The first-order valence-corrected chi connectivity index (χ1v) is 8.03. The van der Waals surface area contributed by atoms with Gasteiger partial charge in [-0.05, 0) is 51.5 Å². The van der Waals surface area contributed by atoms with Gasteiger partial charge in [0.2, 0.25) is 0 Å². The van der Waals surface area contributed by atoms with Crippen LogP contribution in [-0.2, 0) is 9.31 Å². The quantitative estimate of drug-likeness (QED) is 0.767. The molecule has 0 bridgehead atoms. The minimum Gasteiger partial charge on any atom is -0.398 e. The summed E-state index contributed by atoms with van der Waals surface area (Å²) in [6.07, 6.45) is 3.19. The highest BCUT2D eigenvalue weighted by molar-refractivity contribution is 6.54. The van der Waals surface area contributed by atoms with Crippen LogP contribution in [0.2, 0.25) is 0 Å². The summed E-state index contributed by atoms with van der Waals surface area (Å²) >= 11 is 0. The Morgan fingerprint density at radius 3 is 2.25 bits per heavy atom. The second kappa shape index (κ2) is 6.15. The van der Waals surface area contributed by atoms with Crippen LogP contribution >= 0.6 is 0 Å². The lowest BCUT2D eigenvalue weighted by molar-refractivity contribution is 0.00578. The molecule has 1 fully saturated rings. The van der Waals surface area contributed by atoms with Crippen molar-refractivity contribution in [2.75, 3.05) is 0 Å². The van der Waals surface area contributed by atoms with E-state index in [1.54, 1.807) is 6.20 Å². The van der Waals surface area contributed by atoms with Gasteiger partial charge in [-0.25, -0.2) is 4.39 Å². The maximum Gasteiger partial charge on any atom is 0.525 e. The molecule has 5 heteroatoms. The maximum atomic E-state index is 14.8. The predicted octanol–water partition coefficient (Wildman–Crippen LogP) is 4.69. The van der Waals surface area contributed by atoms with Gasteiger partial charge in [-0.15, -0.1) is 0 Å². The Kier molecular flexibility index (Phi) is 4.32. The summed E-state index contributed by atoms with van der Waals surface area (Å²) in [6.45, 7) is 7.62. The van der Waals surface area contributed by atoms with E-state index in [1.165, 1.54) is 6.08 Å². The molecule has 2 heterocycles. The van der Waals surface area contributed by atoms with Crippen LogP contribution in [0.3, 0.4) is 0 Å². The summed E-state index contributed by atoms with van der Waals surface area (Å²) in [5.41, 5.74) is 0.823. The fraction of sp³-hybridized carbons (Fsp3) is 0.316. The molecule has 1 aliphatic rings. The van der Waals surface area contributed by atoms with E-state index < -0.39 is 24.0 Å². The zero-order valence-electron chi connectivity index (χ0n) is 14.4. The number of rotatable bonds is 3. The van der Waals surface area contributed by atoms with Gasteiger partial charge in [0.05, 0.1) is 16.9 Å². The van der Waals surface area contributed by atoms with Crippen molar-refractivity contribution in [2.45, 2.75) is 38.9 Å². The molecule has 0 atom stereocenters. The molecule has 0 unspecified atom stereocenters. The Hall–Kier alpha value is -1.98. The summed E-state index contributed by atoms with van der Waals surface area (Å²) < 4.78 is 26.3. The Morgan fingerprint density at radius 1 is 1.00 bits per heavy atom. The number of halogens is 1. The number of pyridine rings is 1. The first-order valence-electron chi connectivity index (χ1n) is 8.03. The van der Waals surface area contributed by atoms with E-state index in [0.29, 0.717) is 0 Å². The van der Waals surface area contributed by atoms with Gasteiger partial charge < -0.3 is 9.31 Å². The van der Waals surface area contributed by atoms with E-state index in [9.17, 15) is 4.39 Å². The molecule has 0 N–H and O–H groups in total. The van der Waals surface area contributed by atoms with E-state index in [-0.39, 0.29) is 0 Å². The van der Waals surface area contributed by atoms with E-state index in [2.05, 4.69) is 4.98 Å². The van der Waals surface area contributed by atoms with Crippen LogP contribution in [-0.4, -0.2) is 23.3 Å². The van der Waals surface area contributed by atoms with Crippen LogP contribution in [0.15, 0.2) is 54.4 Å². The average Bonchev–Trinajstić information content (AvgIpc) is 2.77. The van der Waals surface area contributed by atoms with Crippen molar-refractivity contribution >= 4 is 13.2 Å². The normalized spacial score (nSPS) is 19.5. The molecule has 2 aromatic rings. The molecular formula is C19H21BFNO2. The van der Waals surface area contributed by atoms with Crippen LogP contribution < -0.4 is 0 Å². The molecule has 0 aliphatic carbocycles. The van der Waals surface area contributed by atoms with Crippen molar-refractivity contribution in [2.24, 2.45) is 0 Å². The van der Waals surface area contributed by atoms with Crippen LogP contribution in [0.1, 0.15) is 33.3 Å². The van der Waals surface area contributed by atoms with Gasteiger partial charge in [0, 0.05) is 11.8 Å². The zero-order valence-corrected chi connectivity index (χ0v) is 14.4. The average molecular weight is 325 g/mol. The largest absolute Gasteiger partial charge is 0.525 e. The van der Waals surface area contributed by atoms with Crippen LogP contribution in [0.25, 0.3) is 17.3 Å². The predicted molar refractivity (Wildman–Crippen MR) is 94.8 cm³/mol. The van der Waals surface area contributed by atoms with Gasteiger partial charge in [-0.2, -0.15) is 0 Å². The highest BCUT2D eigenvalue weighted by Gasteiger charge is 2.53. The van der Waals surface area contributed by atoms with Crippen molar-refractivity contribution in [3.05, 3.63) is 60.0 Å². The number of aromatic nitrogens is 1. The Morgan fingerprint density at radius 2 is 1.62 bits per heavy atom. The topological polar surface area (TPSA) is 31.4 Å². The monoisotopic (exact) mass is 325 g/mol. The summed E-state index contributed by atoms with van der Waals surface area (Å²) in [7, 11) is -0.994. The molecule has 3 nitrogen and oxygen atoms in total. The molecule has 1 aliphatic heterocycles. The third-order valence-corrected chi connectivity index (χ3v) is 4.67. The fourth-order valence-electron chi connectivity index (χ4n) is 2.55. The lowest BCUT2D eigenvalue weighted by atomic mass is 9.86. The second-order valence-electron chi connectivity index (χ2n) is 6.92. The van der Waals surface area contributed by atoms with Crippen LogP contribution in [0.5, 0.6) is 0 Å². The molecular weight excluding hydrogens is 304 g/mol. The lowest BCUT2D eigenvalue weighted by Gasteiger charge is -2.32. The standard InChI is InChI=1S/C19H21BFNO2/c1-18(2)19(3,4)24-20(23-18)17(21)13-14-9-5-6-10-15(14)16-11-7-8-12-22-16/h5-13H,1-4H3. The summed E-state index contributed by atoms with van der Waals surface area (Å²) in [6, 6.07) is 13.2. The molecule has 1 aromatic carbocycles. The highest BCUT2D eigenvalue weighted by atomic mass is 19.1. The van der Waals surface area contributed by atoms with Gasteiger partial charge in [0.1, 0.15) is 5.73 Å². The summed E-state index contributed by atoms with van der Waals surface area (Å²) in [5, 5.41) is 0. The minimum atomic E-state index is -0.994. The third-order valence-electron chi connectivity index (χ3n) is 4.67. The molecule has 124 valence electrons. The van der Waals surface area contributed by atoms with Gasteiger partial charge in [0.15, 0.2) is 0 Å². The van der Waals surface area contributed by atoms with Crippen LogP contribution in [0.4, 0.5) is 4.39 Å². The number of hydrogen-bond acceptors (Lipinski definition) is 3. The Bertz CT molecular complexity index is 743. The molecule has 1 saturated heterocycles. The molecule has 3 rings (SSSR count). The molecule has 0 amide bonds. The van der Waals surface area contributed by atoms with Gasteiger partial charge in [-0.1, -0.05) is 30.3 Å². The lowest BCUT2D eigenvalue weighted by Crippen LogP contribution is -2.41. The van der Waals surface area contributed by atoms with Crippen molar-refractivity contribution in [3.63, 3.8) is 0 Å². The number of nitrogens with zero attached hydrogens (tertiary/aromatic N) is 1. The summed E-state index contributed by atoms with van der Waals surface area (Å²) in [4.78, 5) is 4.35. The van der Waals surface area contributed by atoms with E-state index in [1.807, 2.05) is 70.2 Å². The number of benzene rings is 1. The Balaban J connectivity index is 1.93. The molecule has 24 heavy (non-hydrogen) atoms. The van der Waals surface area contributed by atoms with Crippen molar-refractivity contribution in [1.82, 2.24) is 4.98 Å². The zero-order chi connectivity index (χ0) is 17.4. The molecule has 1 aromatic heterocycles. The van der Waals surface area contributed by atoms with Crippen molar-refractivity contribution in [3.8, 4) is 11.3 Å². The highest BCUT2D eigenvalue weighted by Crippen LogP contribution is 2.39. The van der Waals surface area contributed by atoms with Crippen molar-refractivity contribution < 1.29 is 13.7 Å². The first-order chi connectivity index (χ1) is 11.3. The summed E-state index contributed by atoms with van der Waals surface area (Å²) in [5.74, 6) is 0. The first kappa shape index (κ1) is 16.9. The van der Waals surface area contributed by atoms with E-state index in [4.69, 9.17) is 9.31 Å². The molecule has 0 spiro atoms. The second-order valence-corrected chi connectivity index (χ2v) is 6.92. The van der Waals surface area contributed by atoms with Gasteiger partial charge in [-0.3, -0.25) is 4.98 Å². The van der Waals surface area contributed by atoms with Crippen LogP contribution in [0, 0.1) is 0 Å². The maximum absolute atomic E-state index is 14.8. The Labute approximate surface area is 142 Å². The SMILES string of the molecule is CC1(C)OB(C(F)=Cc2ccccc2-c2ccccn2)OC1(C)C. The smallest absolute Gasteiger partial charge is 0.398 e. The van der Waals surface area contributed by atoms with E-state index in [0.717, 1.165) is 16.8 Å². The van der Waals surface area contributed by atoms with Gasteiger partial charge >= 0.3 is 7.12 Å². The fourth-order valence-corrected chi connectivity index (χ4v) is 2.55. The molecule has 0 saturated carbocycles. The third kappa shape index (κ3) is 3.14. The minimum absolute atomic E-state index is 0.447. The molecule has 0 radical (unpaired) electrons. The van der Waals surface area contributed by atoms with E-state index >= 15 is 0 Å². The number of hydrogen-bond donors (Lipinski definition) is 0.